The quantitative estimate of drug-likeness (QED) is 0.495. The number of benzene rings is 1. The first-order chi connectivity index (χ1) is 18.5. The number of hydrogen-bond acceptors (Lipinski definition) is 4. The molecule has 0 amide bonds. The highest BCUT2D eigenvalue weighted by Gasteiger charge is 2.48. The zero-order chi connectivity index (χ0) is 25.8. The maximum Gasteiger partial charge on any atom is 0.317 e. The third-order valence-electron chi connectivity index (χ3n) is 11.2. The van der Waals surface area contributed by atoms with E-state index in [9.17, 15) is 9.90 Å². The van der Waals surface area contributed by atoms with Gasteiger partial charge in [0.15, 0.2) is 0 Å². The molecule has 2 aromatic rings. The van der Waals surface area contributed by atoms with Crippen LogP contribution in [0.15, 0.2) is 24.3 Å². The Hall–Kier alpha value is -1.92. The first-order valence-corrected chi connectivity index (χ1v) is 15.7. The molecule has 5 aliphatic rings. The molecule has 2 aliphatic carbocycles. The first kappa shape index (κ1) is 25.1. The number of para-hydroxylation sites is 2. The monoisotopic (exact) mass is 518 g/mol. The molecule has 0 unspecified atom stereocenters. The Morgan fingerprint density at radius 1 is 0.895 bits per heavy atom. The largest absolute Gasteiger partial charge is 0.480 e. The lowest BCUT2D eigenvalue weighted by atomic mass is 9.71. The summed E-state index contributed by atoms with van der Waals surface area (Å²) in [6.07, 6.45) is 17.4. The normalized spacial score (nSPS) is 38.3. The molecule has 1 N–H and O–H groups in total. The molecule has 5 fully saturated rings. The predicted octanol–water partition coefficient (Wildman–Crippen LogP) is 6.42. The van der Waals surface area contributed by atoms with Crippen molar-refractivity contribution in [1.29, 1.82) is 0 Å². The van der Waals surface area contributed by atoms with Crippen LogP contribution in [0, 0.1) is 17.8 Å². The van der Waals surface area contributed by atoms with E-state index in [4.69, 9.17) is 4.98 Å². The lowest BCUT2D eigenvalue weighted by Crippen LogP contribution is -2.60. The molecule has 3 aliphatic heterocycles. The van der Waals surface area contributed by atoms with E-state index in [-0.39, 0.29) is 12.6 Å². The van der Waals surface area contributed by atoms with Crippen molar-refractivity contribution in [1.82, 2.24) is 19.4 Å². The second-order valence-corrected chi connectivity index (χ2v) is 13.6. The Bertz CT molecular complexity index is 1150. The number of piperidine rings is 2. The number of aliphatic carboxylic acids is 1. The number of fused-ring (bicyclic) bond motifs is 5. The summed E-state index contributed by atoms with van der Waals surface area (Å²) < 4.78 is 2.59. The van der Waals surface area contributed by atoms with Gasteiger partial charge >= 0.3 is 5.97 Å². The van der Waals surface area contributed by atoms with Gasteiger partial charge in [0.2, 0.25) is 0 Å². The fourth-order valence-electron chi connectivity index (χ4n) is 9.70. The minimum Gasteiger partial charge on any atom is -0.480 e. The summed E-state index contributed by atoms with van der Waals surface area (Å²) in [6, 6.07) is 11.3. The number of carboxylic acid groups (broad SMARTS) is 1. The third-order valence-corrected chi connectivity index (χ3v) is 11.2. The molecule has 7 rings (SSSR count). The summed E-state index contributed by atoms with van der Waals surface area (Å²) in [7, 11) is 0. The molecule has 4 heterocycles. The fraction of sp³-hybridized carbons (Fsp3) is 0.750. The van der Waals surface area contributed by atoms with Crippen LogP contribution in [0.4, 0.5) is 0 Å². The highest BCUT2D eigenvalue weighted by Crippen LogP contribution is 2.49. The van der Waals surface area contributed by atoms with E-state index in [1.165, 1.54) is 76.1 Å². The lowest BCUT2D eigenvalue weighted by molar-refractivity contribution is -0.138. The van der Waals surface area contributed by atoms with Gasteiger partial charge in [-0.15, -0.1) is 0 Å². The number of likely N-dealkylation sites (tertiary alicyclic amines) is 1. The molecule has 6 heteroatoms. The van der Waals surface area contributed by atoms with Crippen molar-refractivity contribution >= 4 is 17.0 Å². The average molecular weight is 519 g/mol. The molecule has 2 saturated carbocycles. The van der Waals surface area contributed by atoms with Gasteiger partial charge in [-0.25, -0.2) is 4.98 Å². The molecule has 38 heavy (non-hydrogen) atoms. The second-order valence-electron chi connectivity index (χ2n) is 13.6. The van der Waals surface area contributed by atoms with Gasteiger partial charge in [-0.2, -0.15) is 0 Å². The fourth-order valence-corrected chi connectivity index (χ4v) is 9.70. The number of imidazole rings is 1. The molecule has 4 bridgehead atoms. The number of nitrogens with zero attached hydrogens (tertiary/aromatic N) is 4. The molecule has 6 nitrogen and oxygen atoms in total. The van der Waals surface area contributed by atoms with Crippen LogP contribution in [0.2, 0.25) is 0 Å². The van der Waals surface area contributed by atoms with E-state index >= 15 is 0 Å². The molecule has 1 aromatic heterocycles. The van der Waals surface area contributed by atoms with Crippen LogP contribution in [-0.2, 0) is 4.79 Å². The van der Waals surface area contributed by atoms with Crippen molar-refractivity contribution < 1.29 is 9.90 Å². The highest BCUT2D eigenvalue weighted by atomic mass is 16.4. The van der Waals surface area contributed by atoms with Crippen molar-refractivity contribution in [2.75, 3.05) is 13.1 Å². The topological polar surface area (TPSA) is 61.6 Å². The lowest BCUT2D eigenvalue weighted by Gasteiger charge is -2.56. The summed E-state index contributed by atoms with van der Waals surface area (Å²) >= 11 is 0. The molecule has 206 valence electrons. The van der Waals surface area contributed by atoms with Crippen LogP contribution in [0.25, 0.3) is 11.0 Å². The maximum absolute atomic E-state index is 11.7. The van der Waals surface area contributed by atoms with Gasteiger partial charge in [-0.05, 0) is 94.2 Å². The molecular weight excluding hydrogens is 472 g/mol. The summed E-state index contributed by atoms with van der Waals surface area (Å²) in [5.74, 6) is 3.05. The SMILES string of the molecule is C[C@@H]1CC[C@H]2C[C@@H](n3c([C@H]4CCCN4CC(=O)O)nc4ccccc43)C[C@@H]1N2[C@@H]1C[C@@H]2CCCC[C@@H](C2)C1. The predicted molar refractivity (Wildman–Crippen MR) is 150 cm³/mol. The molecule has 0 radical (unpaired) electrons. The number of carboxylic acids is 1. The van der Waals surface area contributed by atoms with Crippen LogP contribution in [-0.4, -0.2) is 61.6 Å². The van der Waals surface area contributed by atoms with Gasteiger partial charge in [-0.1, -0.05) is 44.7 Å². The van der Waals surface area contributed by atoms with Gasteiger partial charge < -0.3 is 9.67 Å². The summed E-state index contributed by atoms with van der Waals surface area (Å²) in [5.41, 5.74) is 2.32. The van der Waals surface area contributed by atoms with Crippen molar-refractivity contribution in [3.63, 3.8) is 0 Å². The zero-order valence-electron chi connectivity index (χ0n) is 23.2. The Morgan fingerprint density at radius 2 is 1.68 bits per heavy atom. The number of hydrogen-bond donors (Lipinski definition) is 1. The minimum absolute atomic E-state index is 0.107. The van der Waals surface area contributed by atoms with E-state index < -0.39 is 5.97 Å². The Kier molecular flexibility index (Phi) is 6.76. The van der Waals surface area contributed by atoms with Gasteiger partial charge in [0.05, 0.1) is 23.6 Å². The summed E-state index contributed by atoms with van der Waals surface area (Å²) in [5, 5.41) is 9.59. The van der Waals surface area contributed by atoms with Crippen LogP contribution in [0.5, 0.6) is 0 Å². The first-order valence-electron chi connectivity index (χ1n) is 15.7. The van der Waals surface area contributed by atoms with Crippen LogP contribution in [0.1, 0.15) is 108 Å². The molecule has 0 spiro atoms. The maximum atomic E-state index is 11.7. The smallest absolute Gasteiger partial charge is 0.317 e. The van der Waals surface area contributed by atoms with E-state index in [0.29, 0.717) is 18.1 Å². The highest BCUT2D eigenvalue weighted by molar-refractivity contribution is 5.76. The Balaban J connectivity index is 1.22. The van der Waals surface area contributed by atoms with Gasteiger partial charge in [0.25, 0.3) is 0 Å². The van der Waals surface area contributed by atoms with Gasteiger partial charge in [-0.3, -0.25) is 14.6 Å². The second kappa shape index (κ2) is 10.2. The van der Waals surface area contributed by atoms with Gasteiger partial charge in [0, 0.05) is 24.2 Å². The molecular formula is C32H46N4O2. The minimum atomic E-state index is -0.732. The molecule has 1 aromatic carbocycles. The van der Waals surface area contributed by atoms with E-state index in [1.807, 2.05) is 0 Å². The average Bonchev–Trinajstić information content (AvgIpc) is 3.47. The molecule has 3 saturated heterocycles. The number of carbonyl (C=O) groups is 1. The van der Waals surface area contributed by atoms with Crippen LogP contribution in [0.3, 0.4) is 0 Å². The van der Waals surface area contributed by atoms with E-state index in [2.05, 4.69) is 45.6 Å². The van der Waals surface area contributed by atoms with Crippen molar-refractivity contribution in [2.45, 2.75) is 121 Å². The Labute approximate surface area is 227 Å². The van der Waals surface area contributed by atoms with Crippen molar-refractivity contribution in [3.8, 4) is 0 Å². The van der Waals surface area contributed by atoms with Crippen LogP contribution >= 0.6 is 0 Å². The van der Waals surface area contributed by atoms with E-state index in [0.717, 1.165) is 54.5 Å². The standard InChI is InChI=1S/C32H46N4O2/c1-21-12-13-24-18-26(19-30(21)35(24)25-16-22-7-2-3-8-23(15-22)17-25)36-28-10-5-4-9-27(28)33-32(36)29-11-6-14-34(29)20-31(37)38/h4-5,9-10,21-26,29-30H,2-3,6-8,11-20H2,1H3,(H,37,38)/t21-,22-,23+,24+,25-,26-,29-,30+/m1/s1. The zero-order valence-corrected chi connectivity index (χ0v) is 23.2. The van der Waals surface area contributed by atoms with Crippen molar-refractivity contribution in [2.24, 2.45) is 17.8 Å². The van der Waals surface area contributed by atoms with E-state index in [1.54, 1.807) is 0 Å². The number of aromatic nitrogens is 2. The van der Waals surface area contributed by atoms with Crippen molar-refractivity contribution in [3.05, 3.63) is 30.1 Å². The third kappa shape index (κ3) is 4.50. The molecule has 8 atom stereocenters. The summed E-state index contributed by atoms with van der Waals surface area (Å²) in [6.45, 7) is 3.48. The van der Waals surface area contributed by atoms with Gasteiger partial charge in [0.1, 0.15) is 5.82 Å². The Morgan fingerprint density at radius 3 is 2.47 bits per heavy atom. The summed E-state index contributed by atoms with van der Waals surface area (Å²) in [4.78, 5) is 22.1. The van der Waals surface area contributed by atoms with Crippen LogP contribution < -0.4 is 0 Å². The number of rotatable bonds is 5.